The molecule has 0 aliphatic carbocycles. The fraction of sp³-hybridized carbons (Fsp3) is 0.250. The highest BCUT2D eigenvalue weighted by Crippen LogP contribution is 2.17. The zero-order chi connectivity index (χ0) is 17.5. The van der Waals surface area contributed by atoms with Crippen molar-refractivity contribution in [2.75, 3.05) is 13.2 Å². The first-order chi connectivity index (χ1) is 11.5. The molecule has 1 aromatic heterocycles. The van der Waals surface area contributed by atoms with E-state index in [1.165, 1.54) is 17.4 Å². The number of carbonyl (C=O) groups is 2. The monoisotopic (exact) mass is 354 g/mol. The average Bonchev–Trinajstić information content (AvgIpc) is 3.06. The molecule has 0 saturated heterocycles. The van der Waals surface area contributed by atoms with Gasteiger partial charge in [-0.25, -0.2) is 8.78 Å². The summed E-state index contributed by atoms with van der Waals surface area (Å²) in [7, 11) is 0. The molecule has 1 aromatic carbocycles. The summed E-state index contributed by atoms with van der Waals surface area (Å²) in [6, 6.07) is 4.23. The van der Waals surface area contributed by atoms with Gasteiger partial charge in [-0.15, -0.1) is 0 Å². The predicted molar refractivity (Wildman–Crippen MR) is 86.1 cm³/mol. The SMILES string of the molecule is CC(COc1ccc(F)cc1F)NC(=O)CNC(=O)c1ccsc1. The van der Waals surface area contributed by atoms with Gasteiger partial charge in [-0.3, -0.25) is 9.59 Å². The molecular formula is C16H16F2N2O3S. The van der Waals surface area contributed by atoms with Gasteiger partial charge in [-0.05, 0) is 30.5 Å². The number of carbonyl (C=O) groups excluding carboxylic acids is 2. The van der Waals surface area contributed by atoms with Crippen LogP contribution in [0.25, 0.3) is 0 Å². The van der Waals surface area contributed by atoms with Crippen molar-refractivity contribution in [3.8, 4) is 5.75 Å². The van der Waals surface area contributed by atoms with Crippen molar-refractivity contribution in [3.05, 3.63) is 52.2 Å². The van der Waals surface area contributed by atoms with E-state index in [0.29, 0.717) is 5.56 Å². The maximum atomic E-state index is 13.4. The van der Waals surface area contributed by atoms with E-state index < -0.39 is 23.6 Å². The molecule has 0 aliphatic heterocycles. The minimum absolute atomic E-state index is 0.00672. The number of benzene rings is 1. The van der Waals surface area contributed by atoms with Crippen LogP contribution in [0.3, 0.4) is 0 Å². The first kappa shape index (κ1) is 17.9. The van der Waals surface area contributed by atoms with Crippen LogP contribution in [-0.4, -0.2) is 31.0 Å². The number of hydrogen-bond donors (Lipinski definition) is 2. The molecule has 0 radical (unpaired) electrons. The van der Waals surface area contributed by atoms with Gasteiger partial charge >= 0.3 is 0 Å². The summed E-state index contributed by atoms with van der Waals surface area (Å²) in [5.74, 6) is -2.32. The highest BCUT2D eigenvalue weighted by Gasteiger charge is 2.12. The number of hydrogen-bond acceptors (Lipinski definition) is 4. The largest absolute Gasteiger partial charge is 0.488 e. The fourth-order valence-electron chi connectivity index (χ4n) is 1.83. The van der Waals surface area contributed by atoms with Crippen molar-refractivity contribution >= 4 is 23.2 Å². The number of thiophene rings is 1. The second-order valence-corrected chi connectivity index (χ2v) is 5.83. The molecule has 128 valence electrons. The maximum Gasteiger partial charge on any atom is 0.252 e. The molecule has 1 heterocycles. The number of halogens is 2. The summed E-state index contributed by atoms with van der Waals surface area (Å²) < 4.78 is 31.4. The molecule has 8 heteroatoms. The Hall–Kier alpha value is -2.48. The van der Waals surface area contributed by atoms with Crippen LogP contribution in [0.15, 0.2) is 35.0 Å². The zero-order valence-electron chi connectivity index (χ0n) is 12.8. The van der Waals surface area contributed by atoms with Crippen LogP contribution >= 0.6 is 11.3 Å². The first-order valence-corrected chi connectivity index (χ1v) is 8.07. The van der Waals surface area contributed by atoms with Crippen LogP contribution in [0.1, 0.15) is 17.3 Å². The van der Waals surface area contributed by atoms with E-state index in [9.17, 15) is 18.4 Å². The lowest BCUT2D eigenvalue weighted by Crippen LogP contribution is -2.43. The quantitative estimate of drug-likeness (QED) is 0.802. The molecule has 2 N–H and O–H groups in total. The minimum atomic E-state index is -0.809. The van der Waals surface area contributed by atoms with E-state index in [1.807, 2.05) is 0 Å². The molecule has 2 aromatic rings. The van der Waals surface area contributed by atoms with Crippen molar-refractivity contribution in [2.24, 2.45) is 0 Å². The van der Waals surface area contributed by atoms with Gasteiger partial charge in [0, 0.05) is 17.0 Å². The third-order valence-electron chi connectivity index (χ3n) is 2.98. The van der Waals surface area contributed by atoms with Crippen LogP contribution < -0.4 is 15.4 Å². The van der Waals surface area contributed by atoms with Crippen molar-refractivity contribution in [2.45, 2.75) is 13.0 Å². The predicted octanol–water partition coefficient (Wildman–Crippen LogP) is 2.34. The molecule has 0 aliphatic rings. The van der Waals surface area contributed by atoms with Gasteiger partial charge in [-0.1, -0.05) is 0 Å². The third-order valence-corrected chi connectivity index (χ3v) is 3.67. The molecule has 1 unspecified atom stereocenters. The molecule has 0 fully saturated rings. The molecular weight excluding hydrogens is 338 g/mol. The average molecular weight is 354 g/mol. The highest BCUT2D eigenvalue weighted by atomic mass is 32.1. The zero-order valence-corrected chi connectivity index (χ0v) is 13.7. The molecule has 0 spiro atoms. The summed E-state index contributed by atoms with van der Waals surface area (Å²) >= 11 is 1.39. The van der Waals surface area contributed by atoms with Crippen LogP contribution in [0.5, 0.6) is 5.75 Å². The van der Waals surface area contributed by atoms with Crippen LogP contribution in [-0.2, 0) is 4.79 Å². The van der Waals surface area contributed by atoms with Gasteiger partial charge in [0.1, 0.15) is 12.4 Å². The Balaban J connectivity index is 1.72. The lowest BCUT2D eigenvalue weighted by Gasteiger charge is -2.15. The van der Waals surface area contributed by atoms with Crippen molar-refractivity contribution < 1.29 is 23.1 Å². The number of rotatable bonds is 7. The normalized spacial score (nSPS) is 11.6. The summed E-state index contributed by atoms with van der Waals surface area (Å²) in [4.78, 5) is 23.4. The van der Waals surface area contributed by atoms with Gasteiger partial charge in [0.05, 0.1) is 12.6 Å². The standard InChI is InChI=1S/C16H16F2N2O3S/c1-10(8-23-14-3-2-12(17)6-13(14)18)20-15(21)7-19-16(22)11-4-5-24-9-11/h2-6,9-10H,7-8H2,1H3,(H,19,22)(H,20,21). The van der Waals surface area contributed by atoms with Gasteiger partial charge in [0.2, 0.25) is 5.91 Å². The van der Waals surface area contributed by atoms with Gasteiger partial charge in [-0.2, -0.15) is 11.3 Å². The van der Waals surface area contributed by atoms with Gasteiger partial charge < -0.3 is 15.4 Å². The number of amides is 2. The Morgan fingerprint density at radius 2 is 2.08 bits per heavy atom. The molecule has 5 nitrogen and oxygen atoms in total. The molecule has 24 heavy (non-hydrogen) atoms. The van der Waals surface area contributed by atoms with Crippen molar-refractivity contribution in [1.29, 1.82) is 0 Å². The molecule has 2 rings (SSSR count). The van der Waals surface area contributed by atoms with E-state index in [0.717, 1.165) is 12.1 Å². The maximum absolute atomic E-state index is 13.4. The number of ether oxygens (including phenoxy) is 1. The van der Waals surface area contributed by atoms with Gasteiger partial charge in [0.15, 0.2) is 11.6 Å². The van der Waals surface area contributed by atoms with E-state index in [2.05, 4.69) is 10.6 Å². The molecule has 1 atom stereocenters. The third kappa shape index (κ3) is 5.31. The molecule has 0 saturated carbocycles. The van der Waals surface area contributed by atoms with E-state index in [-0.39, 0.29) is 24.8 Å². The Morgan fingerprint density at radius 3 is 2.75 bits per heavy atom. The fourth-order valence-corrected chi connectivity index (χ4v) is 2.47. The van der Waals surface area contributed by atoms with Crippen LogP contribution in [0, 0.1) is 11.6 Å². The van der Waals surface area contributed by atoms with E-state index in [1.54, 1.807) is 23.8 Å². The Bertz CT molecular complexity index is 707. The van der Waals surface area contributed by atoms with Gasteiger partial charge in [0.25, 0.3) is 5.91 Å². The Labute approximate surface area is 141 Å². The summed E-state index contributed by atoms with van der Waals surface area (Å²) in [5, 5.41) is 8.55. The Morgan fingerprint density at radius 1 is 1.29 bits per heavy atom. The lowest BCUT2D eigenvalue weighted by molar-refractivity contribution is -0.120. The smallest absolute Gasteiger partial charge is 0.252 e. The molecule has 0 bridgehead atoms. The molecule has 2 amide bonds. The van der Waals surface area contributed by atoms with Crippen molar-refractivity contribution in [1.82, 2.24) is 10.6 Å². The second-order valence-electron chi connectivity index (χ2n) is 5.05. The summed E-state index contributed by atoms with van der Waals surface area (Å²) in [6.45, 7) is 1.50. The first-order valence-electron chi connectivity index (χ1n) is 7.13. The van der Waals surface area contributed by atoms with Crippen LogP contribution in [0.4, 0.5) is 8.78 Å². The summed E-state index contributed by atoms with van der Waals surface area (Å²) in [6.07, 6.45) is 0. The second kappa shape index (κ2) is 8.39. The Kier molecular flexibility index (Phi) is 6.25. The highest BCUT2D eigenvalue weighted by molar-refractivity contribution is 7.08. The summed E-state index contributed by atoms with van der Waals surface area (Å²) in [5.41, 5.74) is 0.496. The van der Waals surface area contributed by atoms with E-state index in [4.69, 9.17) is 4.74 Å². The minimum Gasteiger partial charge on any atom is -0.488 e. The number of nitrogens with one attached hydrogen (secondary N) is 2. The van der Waals surface area contributed by atoms with E-state index >= 15 is 0 Å². The van der Waals surface area contributed by atoms with Crippen molar-refractivity contribution in [3.63, 3.8) is 0 Å². The topological polar surface area (TPSA) is 67.4 Å². The lowest BCUT2D eigenvalue weighted by atomic mass is 10.3. The van der Waals surface area contributed by atoms with Crippen LogP contribution in [0.2, 0.25) is 0 Å².